The number of hydrogen-bond acceptors (Lipinski definition) is 1. The summed E-state index contributed by atoms with van der Waals surface area (Å²) in [6.45, 7) is 4.17. The van der Waals surface area contributed by atoms with E-state index in [1.54, 1.807) is 0 Å². The van der Waals surface area contributed by atoms with Crippen molar-refractivity contribution >= 4 is 16.6 Å². The Hall–Kier alpha value is -1.63. The van der Waals surface area contributed by atoms with E-state index in [1.807, 2.05) is 18.2 Å². The van der Waals surface area contributed by atoms with Crippen LogP contribution in [-0.2, 0) is 11.2 Å². The Morgan fingerprint density at radius 2 is 1.76 bits per heavy atom. The molecular weight excluding hydrogens is 208 g/mol. The molecule has 0 aliphatic heterocycles. The molecule has 0 aliphatic rings. The van der Waals surface area contributed by atoms with E-state index in [0.717, 1.165) is 5.56 Å². The van der Waals surface area contributed by atoms with Gasteiger partial charge in [-0.2, -0.15) is 0 Å². The molecule has 1 heteroatoms. The fourth-order valence-corrected chi connectivity index (χ4v) is 2.19. The summed E-state index contributed by atoms with van der Waals surface area (Å²) in [6.07, 6.45) is 1.22. The Bertz CT molecular complexity index is 521. The predicted octanol–water partition coefficient (Wildman–Crippen LogP) is 4.00. The topological polar surface area (TPSA) is 17.1 Å². The summed E-state index contributed by atoms with van der Waals surface area (Å²) in [5, 5.41) is 2.41. The first-order valence-corrected chi connectivity index (χ1v) is 6.15. The lowest BCUT2D eigenvalue weighted by molar-refractivity contribution is -0.119. The van der Waals surface area contributed by atoms with Crippen LogP contribution in [0.4, 0.5) is 0 Å². The lowest BCUT2D eigenvalue weighted by atomic mass is 9.97. The van der Waals surface area contributed by atoms with Gasteiger partial charge in [-0.1, -0.05) is 56.3 Å². The molecule has 0 aromatic heterocycles. The molecular formula is C16H18O. The first-order chi connectivity index (χ1) is 8.16. The number of fused-ring (bicyclic) bond motifs is 1. The third-order valence-corrected chi connectivity index (χ3v) is 2.90. The lowest BCUT2D eigenvalue weighted by Gasteiger charge is -2.07. The van der Waals surface area contributed by atoms with Gasteiger partial charge in [0.05, 0.1) is 0 Å². The van der Waals surface area contributed by atoms with Gasteiger partial charge in [-0.05, 0) is 22.3 Å². The summed E-state index contributed by atoms with van der Waals surface area (Å²) >= 11 is 0. The van der Waals surface area contributed by atoms with Gasteiger partial charge in [-0.3, -0.25) is 4.79 Å². The maximum atomic E-state index is 11.9. The fourth-order valence-electron chi connectivity index (χ4n) is 2.19. The average Bonchev–Trinajstić information content (AvgIpc) is 2.28. The van der Waals surface area contributed by atoms with Gasteiger partial charge >= 0.3 is 0 Å². The summed E-state index contributed by atoms with van der Waals surface area (Å²) in [7, 11) is 0. The first kappa shape index (κ1) is 11.8. The van der Waals surface area contributed by atoms with E-state index < -0.39 is 0 Å². The van der Waals surface area contributed by atoms with E-state index in [-0.39, 0.29) is 0 Å². The zero-order valence-electron chi connectivity index (χ0n) is 10.4. The maximum absolute atomic E-state index is 11.9. The van der Waals surface area contributed by atoms with Crippen molar-refractivity contribution < 1.29 is 4.79 Å². The molecule has 1 nitrogen and oxygen atoms in total. The Morgan fingerprint density at radius 3 is 2.53 bits per heavy atom. The summed E-state index contributed by atoms with van der Waals surface area (Å²) in [6, 6.07) is 14.4. The van der Waals surface area contributed by atoms with E-state index in [4.69, 9.17) is 0 Å². The second-order valence-electron chi connectivity index (χ2n) is 4.95. The van der Waals surface area contributed by atoms with Crippen LogP contribution in [0.5, 0.6) is 0 Å². The maximum Gasteiger partial charge on any atom is 0.137 e. The molecule has 0 spiro atoms. The fraction of sp³-hybridized carbons (Fsp3) is 0.312. The van der Waals surface area contributed by atoms with E-state index in [2.05, 4.69) is 38.1 Å². The molecule has 17 heavy (non-hydrogen) atoms. The highest BCUT2D eigenvalue weighted by molar-refractivity contribution is 5.90. The van der Waals surface area contributed by atoms with Gasteiger partial charge in [-0.15, -0.1) is 0 Å². The zero-order valence-corrected chi connectivity index (χ0v) is 10.4. The van der Waals surface area contributed by atoms with Gasteiger partial charge in [0.15, 0.2) is 0 Å². The van der Waals surface area contributed by atoms with Crippen LogP contribution in [0.15, 0.2) is 42.5 Å². The average molecular weight is 226 g/mol. The van der Waals surface area contributed by atoms with Gasteiger partial charge < -0.3 is 0 Å². The molecule has 2 aromatic rings. The number of hydrogen-bond donors (Lipinski definition) is 0. The summed E-state index contributed by atoms with van der Waals surface area (Å²) in [4.78, 5) is 11.9. The second-order valence-corrected chi connectivity index (χ2v) is 4.95. The summed E-state index contributed by atoms with van der Waals surface area (Å²) < 4.78 is 0. The van der Waals surface area contributed by atoms with Crippen LogP contribution in [0, 0.1) is 5.92 Å². The number of ketones is 1. The number of rotatable bonds is 4. The monoisotopic (exact) mass is 226 g/mol. The van der Waals surface area contributed by atoms with Gasteiger partial charge in [0, 0.05) is 12.8 Å². The zero-order chi connectivity index (χ0) is 12.3. The highest BCUT2D eigenvalue weighted by Gasteiger charge is 2.08. The number of carbonyl (C=O) groups excluding carboxylic acids is 1. The first-order valence-electron chi connectivity index (χ1n) is 6.15. The molecule has 0 unspecified atom stereocenters. The van der Waals surface area contributed by atoms with Crippen LogP contribution < -0.4 is 0 Å². The van der Waals surface area contributed by atoms with Crippen molar-refractivity contribution in [1.82, 2.24) is 0 Å². The standard InChI is InChI=1S/C16H18O/c1-12(2)10-15(17)11-14-8-5-7-13-6-3-4-9-16(13)14/h3-9,12H,10-11H2,1-2H3. The minimum absolute atomic E-state index is 0.330. The summed E-state index contributed by atoms with van der Waals surface area (Å²) in [5.41, 5.74) is 1.15. The largest absolute Gasteiger partial charge is 0.299 e. The molecule has 0 amide bonds. The smallest absolute Gasteiger partial charge is 0.137 e. The Balaban J connectivity index is 2.27. The minimum atomic E-state index is 0.330. The van der Waals surface area contributed by atoms with Crippen LogP contribution in [0.3, 0.4) is 0 Å². The molecule has 0 atom stereocenters. The van der Waals surface area contributed by atoms with Crippen LogP contribution in [0.1, 0.15) is 25.8 Å². The number of carbonyl (C=O) groups is 1. The normalized spacial score (nSPS) is 11.0. The van der Waals surface area contributed by atoms with Crippen molar-refractivity contribution in [2.75, 3.05) is 0 Å². The van der Waals surface area contributed by atoms with E-state index in [9.17, 15) is 4.79 Å². The molecule has 0 fully saturated rings. The van der Waals surface area contributed by atoms with E-state index in [0.29, 0.717) is 24.5 Å². The lowest BCUT2D eigenvalue weighted by Crippen LogP contribution is -2.06. The molecule has 0 radical (unpaired) electrons. The molecule has 0 saturated heterocycles. The van der Waals surface area contributed by atoms with Crippen molar-refractivity contribution in [1.29, 1.82) is 0 Å². The molecule has 0 heterocycles. The quantitative estimate of drug-likeness (QED) is 0.770. The Labute approximate surface area is 102 Å². The minimum Gasteiger partial charge on any atom is -0.299 e. The molecule has 0 N–H and O–H groups in total. The van der Waals surface area contributed by atoms with Crippen molar-refractivity contribution in [3.8, 4) is 0 Å². The van der Waals surface area contributed by atoms with Crippen molar-refractivity contribution in [2.24, 2.45) is 5.92 Å². The van der Waals surface area contributed by atoms with Gasteiger partial charge in [0.2, 0.25) is 0 Å². The van der Waals surface area contributed by atoms with Crippen LogP contribution >= 0.6 is 0 Å². The Kier molecular flexibility index (Phi) is 3.58. The SMILES string of the molecule is CC(C)CC(=O)Cc1cccc2ccccc12. The highest BCUT2D eigenvalue weighted by atomic mass is 16.1. The molecule has 0 bridgehead atoms. The third-order valence-electron chi connectivity index (χ3n) is 2.90. The second kappa shape index (κ2) is 5.13. The molecule has 0 saturated carbocycles. The van der Waals surface area contributed by atoms with Crippen LogP contribution in [0.2, 0.25) is 0 Å². The number of benzene rings is 2. The highest BCUT2D eigenvalue weighted by Crippen LogP contribution is 2.19. The van der Waals surface area contributed by atoms with E-state index >= 15 is 0 Å². The van der Waals surface area contributed by atoms with Crippen LogP contribution in [0.25, 0.3) is 10.8 Å². The third kappa shape index (κ3) is 2.94. The predicted molar refractivity (Wildman–Crippen MR) is 72.1 cm³/mol. The van der Waals surface area contributed by atoms with Crippen molar-refractivity contribution in [3.05, 3.63) is 48.0 Å². The molecule has 2 rings (SSSR count). The van der Waals surface area contributed by atoms with Crippen molar-refractivity contribution in [2.45, 2.75) is 26.7 Å². The van der Waals surface area contributed by atoms with Crippen molar-refractivity contribution in [3.63, 3.8) is 0 Å². The molecule has 88 valence electrons. The Morgan fingerprint density at radius 1 is 1.06 bits per heavy atom. The number of Topliss-reactive ketones (excluding diaryl/α,β-unsaturated/α-hetero) is 1. The van der Waals surface area contributed by atoms with Gasteiger partial charge in [-0.25, -0.2) is 0 Å². The van der Waals surface area contributed by atoms with Crippen LogP contribution in [-0.4, -0.2) is 5.78 Å². The molecule has 0 aliphatic carbocycles. The van der Waals surface area contributed by atoms with E-state index in [1.165, 1.54) is 10.8 Å². The summed E-state index contributed by atoms with van der Waals surface area (Å²) in [5.74, 6) is 0.772. The molecule has 2 aromatic carbocycles. The van der Waals surface area contributed by atoms with Gasteiger partial charge in [0.25, 0.3) is 0 Å². The van der Waals surface area contributed by atoms with Gasteiger partial charge in [0.1, 0.15) is 5.78 Å².